The Morgan fingerprint density at radius 1 is 0.893 bits per heavy atom. The summed E-state index contributed by atoms with van der Waals surface area (Å²) in [5, 5.41) is 0. The molecule has 4 nitrogen and oxygen atoms in total. The van der Waals surface area contributed by atoms with E-state index in [-0.39, 0.29) is 11.8 Å². The summed E-state index contributed by atoms with van der Waals surface area (Å²) >= 11 is 0. The summed E-state index contributed by atoms with van der Waals surface area (Å²) in [5.41, 5.74) is 7.49. The number of hydrogen-bond donors (Lipinski definition) is 0. The molecule has 0 bridgehead atoms. The van der Waals surface area contributed by atoms with Crippen molar-refractivity contribution in [3.05, 3.63) is 88.7 Å². The van der Waals surface area contributed by atoms with Crippen LogP contribution < -0.4 is 9.64 Å². The van der Waals surface area contributed by atoms with Gasteiger partial charge in [-0.15, -0.1) is 0 Å². The van der Waals surface area contributed by atoms with Gasteiger partial charge >= 0.3 is 0 Å². The molecule has 4 heteroatoms. The Hall–Kier alpha value is -3.14. The minimum absolute atomic E-state index is 0.127. The Morgan fingerprint density at radius 2 is 1.57 bits per heavy atom. The fourth-order valence-corrected chi connectivity index (χ4v) is 4.58. The summed E-state index contributed by atoms with van der Waals surface area (Å²) in [6.45, 7) is 0.813. The molecule has 1 amide bonds. The number of methoxy groups -OCH3 is 1. The molecule has 0 saturated carbocycles. The zero-order chi connectivity index (χ0) is 19.1. The van der Waals surface area contributed by atoms with Gasteiger partial charge in [0.05, 0.1) is 12.8 Å². The van der Waals surface area contributed by atoms with Gasteiger partial charge in [0, 0.05) is 31.3 Å². The minimum atomic E-state index is 0.127. The standard InChI is InChI=1S/C24H22N2O2/c1-28-21-5-2-16(3-6-21)23(17-8-11-25-12-9-17)20-14-18-4-7-22(27)26-13-10-19(15-20)24(18)26/h2-3,5-6,8-9,11-12,14-15,23H,4,7,10,13H2,1H3/t23-/m1/s1. The molecule has 0 unspecified atom stereocenters. The SMILES string of the molecule is COc1ccc([C@H](c2ccncc2)c2cc3c4c(c2)CCN4C(=O)CC3)cc1. The number of pyridine rings is 1. The van der Waals surface area contributed by atoms with Crippen LogP contribution in [0.1, 0.15) is 40.2 Å². The van der Waals surface area contributed by atoms with Crippen LogP contribution in [0.4, 0.5) is 5.69 Å². The van der Waals surface area contributed by atoms with Gasteiger partial charge in [0.25, 0.3) is 0 Å². The molecule has 3 aromatic rings. The van der Waals surface area contributed by atoms with Crippen molar-refractivity contribution in [2.75, 3.05) is 18.6 Å². The van der Waals surface area contributed by atoms with Crippen LogP contribution in [-0.2, 0) is 17.6 Å². The summed E-state index contributed by atoms with van der Waals surface area (Å²) in [4.78, 5) is 18.4. The van der Waals surface area contributed by atoms with E-state index in [9.17, 15) is 4.79 Å². The van der Waals surface area contributed by atoms with E-state index >= 15 is 0 Å². The van der Waals surface area contributed by atoms with E-state index in [1.54, 1.807) is 7.11 Å². The molecule has 5 rings (SSSR count). The van der Waals surface area contributed by atoms with Crippen molar-refractivity contribution >= 4 is 11.6 Å². The molecule has 2 aliphatic heterocycles. The maximum atomic E-state index is 12.3. The molecule has 0 spiro atoms. The summed E-state index contributed by atoms with van der Waals surface area (Å²) in [7, 11) is 1.69. The Bertz CT molecular complexity index is 1030. The largest absolute Gasteiger partial charge is 0.497 e. The molecule has 1 aromatic heterocycles. The van der Waals surface area contributed by atoms with Crippen LogP contribution in [0.25, 0.3) is 0 Å². The summed E-state index contributed by atoms with van der Waals surface area (Å²) in [5.74, 6) is 1.25. The monoisotopic (exact) mass is 370 g/mol. The fourth-order valence-electron chi connectivity index (χ4n) is 4.58. The van der Waals surface area contributed by atoms with E-state index in [4.69, 9.17) is 4.74 Å². The lowest BCUT2D eigenvalue weighted by molar-refractivity contribution is -0.118. The Morgan fingerprint density at radius 3 is 2.29 bits per heavy atom. The smallest absolute Gasteiger partial charge is 0.227 e. The van der Waals surface area contributed by atoms with Gasteiger partial charge in [-0.05, 0) is 64.9 Å². The Labute approximate surface area is 164 Å². The summed E-state index contributed by atoms with van der Waals surface area (Å²) in [6, 6.07) is 17.1. The van der Waals surface area contributed by atoms with E-state index in [0.717, 1.165) is 25.1 Å². The van der Waals surface area contributed by atoms with Crippen molar-refractivity contribution < 1.29 is 9.53 Å². The third kappa shape index (κ3) is 2.76. The first-order chi connectivity index (χ1) is 13.7. The van der Waals surface area contributed by atoms with Crippen molar-refractivity contribution in [3.8, 4) is 5.75 Å². The van der Waals surface area contributed by atoms with Crippen molar-refractivity contribution in [1.82, 2.24) is 4.98 Å². The molecular formula is C24H22N2O2. The highest BCUT2D eigenvalue weighted by Crippen LogP contribution is 2.41. The van der Waals surface area contributed by atoms with Gasteiger partial charge in [0.1, 0.15) is 5.75 Å². The quantitative estimate of drug-likeness (QED) is 0.694. The predicted molar refractivity (Wildman–Crippen MR) is 109 cm³/mol. The number of aryl methyl sites for hydroxylation is 1. The third-order valence-electron chi connectivity index (χ3n) is 5.90. The van der Waals surface area contributed by atoms with Crippen molar-refractivity contribution in [2.24, 2.45) is 0 Å². The number of ether oxygens (including phenoxy) is 1. The van der Waals surface area contributed by atoms with Crippen molar-refractivity contribution in [3.63, 3.8) is 0 Å². The number of aromatic nitrogens is 1. The zero-order valence-electron chi connectivity index (χ0n) is 15.9. The number of rotatable bonds is 4. The van der Waals surface area contributed by atoms with Crippen LogP contribution in [0, 0.1) is 0 Å². The van der Waals surface area contributed by atoms with E-state index in [2.05, 4.69) is 41.4 Å². The highest BCUT2D eigenvalue weighted by molar-refractivity contribution is 5.98. The van der Waals surface area contributed by atoms with Gasteiger partial charge in [-0.2, -0.15) is 0 Å². The maximum Gasteiger partial charge on any atom is 0.227 e. The topological polar surface area (TPSA) is 42.4 Å². The number of amides is 1. The number of anilines is 1. The number of carbonyl (C=O) groups excluding carboxylic acids is 1. The minimum Gasteiger partial charge on any atom is -0.497 e. The second kappa shape index (κ2) is 6.79. The lowest BCUT2D eigenvalue weighted by atomic mass is 9.83. The molecule has 2 aliphatic rings. The molecule has 0 fully saturated rings. The molecule has 0 N–H and O–H groups in total. The summed E-state index contributed by atoms with van der Waals surface area (Å²) < 4.78 is 5.34. The normalized spacial score (nSPS) is 16.0. The first kappa shape index (κ1) is 17.0. The molecule has 2 aromatic carbocycles. The van der Waals surface area contributed by atoms with Crippen LogP contribution in [0.3, 0.4) is 0 Å². The first-order valence-electron chi connectivity index (χ1n) is 9.74. The second-order valence-electron chi connectivity index (χ2n) is 7.47. The number of hydrogen-bond acceptors (Lipinski definition) is 3. The molecule has 1 atom stereocenters. The Kier molecular flexibility index (Phi) is 4.12. The summed E-state index contributed by atoms with van der Waals surface area (Å²) in [6.07, 6.45) is 6.08. The average Bonchev–Trinajstić information content (AvgIpc) is 3.18. The lowest BCUT2D eigenvalue weighted by Crippen LogP contribution is -2.32. The van der Waals surface area contributed by atoms with Gasteiger partial charge in [-0.1, -0.05) is 24.3 Å². The van der Waals surface area contributed by atoms with E-state index in [1.165, 1.54) is 33.5 Å². The van der Waals surface area contributed by atoms with Gasteiger partial charge in [0.2, 0.25) is 5.91 Å². The van der Waals surface area contributed by atoms with E-state index in [1.807, 2.05) is 29.4 Å². The molecular weight excluding hydrogens is 348 g/mol. The molecule has 0 aliphatic carbocycles. The van der Waals surface area contributed by atoms with Crippen LogP contribution in [0.5, 0.6) is 5.75 Å². The molecule has 140 valence electrons. The highest BCUT2D eigenvalue weighted by Gasteiger charge is 2.32. The zero-order valence-corrected chi connectivity index (χ0v) is 15.9. The van der Waals surface area contributed by atoms with Gasteiger partial charge in [-0.3, -0.25) is 9.78 Å². The predicted octanol–water partition coefficient (Wildman–Crippen LogP) is 4.11. The molecule has 28 heavy (non-hydrogen) atoms. The fraction of sp³-hybridized carbons (Fsp3) is 0.250. The number of nitrogens with zero attached hydrogens (tertiary/aromatic N) is 2. The van der Waals surface area contributed by atoms with Gasteiger partial charge in [0.15, 0.2) is 0 Å². The van der Waals surface area contributed by atoms with Crippen LogP contribution >= 0.6 is 0 Å². The van der Waals surface area contributed by atoms with Crippen LogP contribution in [0.2, 0.25) is 0 Å². The van der Waals surface area contributed by atoms with Crippen molar-refractivity contribution in [2.45, 2.75) is 25.2 Å². The first-order valence-corrected chi connectivity index (χ1v) is 9.74. The molecule has 0 saturated heterocycles. The van der Waals surface area contributed by atoms with Crippen LogP contribution in [-0.4, -0.2) is 24.5 Å². The highest BCUT2D eigenvalue weighted by atomic mass is 16.5. The maximum absolute atomic E-state index is 12.3. The molecule has 3 heterocycles. The van der Waals surface area contributed by atoms with Gasteiger partial charge < -0.3 is 9.64 Å². The lowest BCUT2D eigenvalue weighted by Gasteiger charge is -2.27. The van der Waals surface area contributed by atoms with E-state index < -0.39 is 0 Å². The third-order valence-corrected chi connectivity index (χ3v) is 5.90. The van der Waals surface area contributed by atoms with Gasteiger partial charge in [-0.25, -0.2) is 0 Å². The number of benzene rings is 2. The molecule has 0 radical (unpaired) electrons. The van der Waals surface area contributed by atoms with Crippen molar-refractivity contribution in [1.29, 1.82) is 0 Å². The number of carbonyl (C=O) groups is 1. The Balaban J connectivity index is 1.65. The second-order valence-corrected chi connectivity index (χ2v) is 7.47. The van der Waals surface area contributed by atoms with E-state index in [0.29, 0.717) is 6.42 Å². The van der Waals surface area contributed by atoms with Crippen LogP contribution in [0.15, 0.2) is 60.9 Å². The average molecular weight is 370 g/mol.